The van der Waals surface area contributed by atoms with Crippen LogP contribution in [0.2, 0.25) is 0 Å². The number of amides is 1. The number of carbonyl (C=O) groups excluding carboxylic acids is 1. The highest BCUT2D eigenvalue weighted by molar-refractivity contribution is 7.99. The van der Waals surface area contributed by atoms with Crippen LogP contribution in [0.15, 0.2) is 0 Å². The Balaban J connectivity index is 1.74. The summed E-state index contributed by atoms with van der Waals surface area (Å²) in [7, 11) is 0. The van der Waals surface area contributed by atoms with Crippen molar-refractivity contribution in [3.05, 3.63) is 0 Å². The minimum atomic E-state index is -0.263. The molecule has 1 saturated heterocycles. The van der Waals surface area contributed by atoms with Crippen LogP contribution in [0.5, 0.6) is 0 Å². The van der Waals surface area contributed by atoms with Crippen LogP contribution in [0.4, 0.5) is 0 Å². The van der Waals surface area contributed by atoms with E-state index in [1.807, 2.05) is 11.8 Å². The maximum Gasteiger partial charge on any atom is 0.220 e. The molecule has 1 amide bonds. The summed E-state index contributed by atoms with van der Waals surface area (Å²) in [6.07, 6.45) is 6.00. The molecule has 2 aliphatic rings. The van der Waals surface area contributed by atoms with Crippen LogP contribution < -0.4 is 5.32 Å². The first-order chi connectivity index (χ1) is 7.74. The molecule has 4 heteroatoms. The van der Waals surface area contributed by atoms with Crippen molar-refractivity contribution >= 4 is 17.7 Å². The smallest absolute Gasteiger partial charge is 0.220 e. The number of aliphatic hydroxyl groups is 1. The molecule has 1 saturated carbocycles. The molecule has 0 aromatic carbocycles. The van der Waals surface area contributed by atoms with Crippen LogP contribution in [-0.2, 0) is 4.79 Å². The molecule has 1 aliphatic carbocycles. The zero-order valence-electron chi connectivity index (χ0n) is 9.71. The SMILES string of the molecule is O=C(CC1CCSCC1)NC1(CO)CCC1. The van der Waals surface area contributed by atoms with E-state index < -0.39 is 0 Å². The summed E-state index contributed by atoms with van der Waals surface area (Å²) in [5.41, 5.74) is -0.263. The largest absolute Gasteiger partial charge is 0.394 e. The Morgan fingerprint density at radius 3 is 2.56 bits per heavy atom. The number of carbonyl (C=O) groups is 1. The Morgan fingerprint density at radius 1 is 1.38 bits per heavy atom. The summed E-state index contributed by atoms with van der Waals surface area (Å²) in [4.78, 5) is 11.8. The predicted octanol–water partition coefficient (Wildman–Crippen LogP) is 1.55. The van der Waals surface area contributed by atoms with Crippen molar-refractivity contribution in [1.82, 2.24) is 5.32 Å². The molecule has 92 valence electrons. The molecule has 2 fully saturated rings. The maximum atomic E-state index is 11.8. The summed E-state index contributed by atoms with van der Waals surface area (Å²) in [5.74, 6) is 3.11. The summed E-state index contributed by atoms with van der Waals surface area (Å²) in [6, 6.07) is 0. The lowest BCUT2D eigenvalue weighted by molar-refractivity contribution is -0.126. The van der Waals surface area contributed by atoms with Crippen LogP contribution in [0.1, 0.15) is 38.5 Å². The van der Waals surface area contributed by atoms with Crippen molar-refractivity contribution in [1.29, 1.82) is 0 Å². The van der Waals surface area contributed by atoms with E-state index in [4.69, 9.17) is 0 Å². The average Bonchev–Trinajstić information content (AvgIpc) is 2.25. The molecule has 1 heterocycles. The quantitative estimate of drug-likeness (QED) is 0.787. The van der Waals surface area contributed by atoms with Crippen molar-refractivity contribution in [3.8, 4) is 0 Å². The fraction of sp³-hybridized carbons (Fsp3) is 0.917. The molecule has 0 radical (unpaired) electrons. The van der Waals surface area contributed by atoms with Gasteiger partial charge in [0.15, 0.2) is 0 Å². The highest BCUT2D eigenvalue weighted by Gasteiger charge is 2.37. The minimum Gasteiger partial charge on any atom is -0.394 e. The first-order valence-corrected chi connectivity index (χ1v) is 7.39. The van der Waals surface area contributed by atoms with E-state index >= 15 is 0 Å². The number of thioether (sulfide) groups is 1. The lowest BCUT2D eigenvalue weighted by Gasteiger charge is -2.41. The second-order valence-electron chi connectivity index (χ2n) is 5.10. The minimum absolute atomic E-state index is 0.0965. The fourth-order valence-electron chi connectivity index (χ4n) is 2.49. The molecule has 2 N–H and O–H groups in total. The third-order valence-electron chi connectivity index (χ3n) is 3.83. The van der Waals surface area contributed by atoms with E-state index in [1.165, 1.54) is 24.3 Å². The van der Waals surface area contributed by atoms with Gasteiger partial charge in [0.1, 0.15) is 0 Å². The summed E-state index contributed by atoms with van der Waals surface area (Å²) in [5, 5.41) is 12.3. The summed E-state index contributed by atoms with van der Waals surface area (Å²) < 4.78 is 0. The van der Waals surface area contributed by atoms with Gasteiger partial charge in [0, 0.05) is 6.42 Å². The van der Waals surface area contributed by atoms with Gasteiger partial charge >= 0.3 is 0 Å². The summed E-state index contributed by atoms with van der Waals surface area (Å²) in [6.45, 7) is 0.0965. The molecule has 2 rings (SSSR count). The third kappa shape index (κ3) is 2.92. The van der Waals surface area contributed by atoms with E-state index in [0.717, 1.165) is 19.3 Å². The van der Waals surface area contributed by atoms with Gasteiger partial charge < -0.3 is 10.4 Å². The Hall–Kier alpha value is -0.220. The number of hydrogen-bond donors (Lipinski definition) is 2. The number of aliphatic hydroxyl groups excluding tert-OH is 1. The summed E-state index contributed by atoms with van der Waals surface area (Å²) >= 11 is 1.99. The predicted molar refractivity (Wildman–Crippen MR) is 66.5 cm³/mol. The second-order valence-corrected chi connectivity index (χ2v) is 6.32. The molecule has 3 nitrogen and oxygen atoms in total. The highest BCUT2D eigenvalue weighted by atomic mass is 32.2. The monoisotopic (exact) mass is 243 g/mol. The standard InChI is InChI=1S/C12H21NO2S/c14-9-12(4-1-5-12)13-11(15)8-10-2-6-16-7-3-10/h10,14H,1-9H2,(H,13,15). The van der Waals surface area contributed by atoms with Crippen LogP contribution >= 0.6 is 11.8 Å². The Labute approximate surface area is 101 Å². The van der Waals surface area contributed by atoms with E-state index in [9.17, 15) is 9.90 Å². The van der Waals surface area contributed by atoms with Gasteiger partial charge in [-0.2, -0.15) is 11.8 Å². The molecule has 0 spiro atoms. The zero-order valence-corrected chi connectivity index (χ0v) is 10.5. The molecule has 0 bridgehead atoms. The van der Waals surface area contributed by atoms with Crippen LogP contribution in [0, 0.1) is 5.92 Å². The van der Waals surface area contributed by atoms with Gasteiger partial charge in [-0.05, 0) is 49.5 Å². The second kappa shape index (κ2) is 5.41. The van der Waals surface area contributed by atoms with Crippen molar-refractivity contribution in [2.24, 2.45) is 5.92 Å². The molecular weight excluding hydrogens is 222 g/mol. The lowest BCUT2D eigenvalue weighted by atomic mass is 9.77. The van der Waals surface area contributed by atoms with E-state index in [1.54, 1.807) is 0 Å². The first kappa shape index (κ1) is 12.2. The fourth-order valence-corrected chi connectivity index (χ4v) is 3.69. The van der Waals surface area contributed by atoms with Gasteiger partial charge in [-0.15, -0.1) is 0 Å². The number of rotatable bonds is 4. The van der Waals surface area contributed by atoms with Gasteiger partial charge in [0.2, 0.25) is 5.91 Å². The maximum absolute atomic E-state index is 11.8. The van der Waals surface area contributed by atoms with Crippen LogP contribution in [0.3, 0.4) is 0 Å². The van der Waals surface area contributed by atoms with Gasteiger partial charge in [0.05, 0.1) is 12.1 Å². The number of nitrogens with one attached hydrogen (secondary N) is 1. The van der Waals surface area contributed by atoms with Crippen molar-refractivity contribution in [2.75, 3.05) is 18.1 Å². The van der Waals surface area contributed by atoms with Crippen molar-refractivity contribution in [2.45, 2.75) is 44.1 Å². The van der Waals surface area contributed by atoms with E-state index in [0.29, 0.717) is 12.3 Å². The van der Waals surface area contributed by atoms with Crippen LogP contribution in [0.25, 0.3) is 0 Å². The molecule has 0 atom stereocenters. The van der Waals surface area contributed by atoms with Gasteiger partial charge in [-0.1, -0.05) is 0 Å². The van der Waals surface area contributed by atoms with Gasteiger partial charge in [0.25, 0.3) is 0 Å². The Morgan fingerprint density at radius 2 is 2.06 bits per heavy atom. The molecule has 16 heavy (non-hydrogen) atoms. The van der Waals surface area contributed by atoms with Crippen LogP contribution in [-0.4, -0.2) is 34.7 Å². The normalized spacial score (nSPS) is 24.8. The van der Waals surface area contributed by atoms with Gasteiger partial charge in [-0.25, -0.2) is 0 Å². The highest BCUT2D eigenvalue weighted by Crippen LogP contribution is 2.32. The number of hydrogen-bond acceptors (Lipinski definition) is 3. The topological polar surface area (TPSA) is 49.3 Å². The zero-order chi connectivity index (χ0) is 11.4. The average molecular weight is 243 g/mol. The Kier molecular flexibility index (Phi) is 4.14. The third-order valence-corrected chi connectivity index (χ3v) is 4.88. The van der Waals surface area contributed by atoms with Crippen molar-refractivity contribution < 1.29 is 9.90 Å². The van der Waals surface area contributed by atoms with Gasteiger partial charge in [-0.3, -0.25) is 4.79 Å². The lowest BCUT2D eigenvalue weighted by Crippen LogP contribution is -2.56. The molecule has 0 aromatic rings. The molecular formula is C12H21NO2S. The van der Waals surface area contributed by atoms with E-state index in [-0.39, 0.29) is 18.1 Å². The first-order valence-electron chi connectivity index (χ1n) is 6.24. The van der Waals surface area contributed by atoms with Crippen molar-refractivity contribution in [3.63, 3.8) is 0 Å². The molecule has 1 aliphatic heterocycles. The van der Waals surface area contributed by atoms with E-state index in [2.05, 4.69) is 5.32 Å². The Bertz CT molecular complexity index is 242. The molecule has 0 unspecified atom stereocenters. The molecule has 0 aromatic heterocycles.